The SMILES string of the molecule is C=CC(C)(CNC(C)(C)C)CC(C)OC. The topological polar surface area (TPSA) is 21.3 Å². The van der Waals surface area contributed by atoms with E-state index in [1.54, 1.807) is 7.11 Å². The molecule has 0 aliphatic heterocycles. The molecule has 0 saturated carbocycles. The zero-order valence-corrected chi connectivity index (χ0v) is 11.2. The highest BCUT2D eigenvalue weighted by molar-refractivity contribution is 4.95. The molecule has 0 saturated heterocycles. The molecule has 0 aromatic rings. The van der Waals surface area contributed by atoms with E-state index in [9.17, 15) is 0 Å². The van der Waals surface area contributed by atoms with E-state index in [0.717, 1.165) is 13.0 Å². The van der Waals surface area contributed by atoms with Gasteiger partial charge in [0.25, 0.3) is 0 Å². The van der Waals surface area contributed by atoms with Gasteiger partial charge in [0, 0.05) is 24.6 Å². The van der Waals surface area contributed by atoms with E-state index in [1.807, 2.05) is 6.08 Å². The van der Waals surface area contributed by atoms with Crippen molar-refractivity contribution >= 4 is 0 Å². The second-order valence-corrected chi connectivity index (χ2v) is 5.71. The standard InChI is InChI=1S/C13H27NO/c1-8-13(6,9-11(2)15-7)10-14-12(3,4)5/h8,11,14H,1,9-10H2,2-7H3. The Morgan fingerprint density at radius 1 is 1.33 bits per heavy atom. The fourth-order valence-electron chi connectivity index (χ4n) is 1.43. The van der Waals surface area contributed by atoms with E-state index >= 15 is 0 Å². The molecule has 0 aliphatic carbocycles. The van der Waals surface area contributed by atoms with Crippen LogP contribution in [0.25, 0.3) is 0 Å². The monoisotopic (exact) mass is 213 g/mol. The summed E-state index contributed by atoms with van der Waals surface area (Å²) in [4.78, 5) is 0. The van der Waals surface area contributed by atoms with Gasteiger partial charge in [0.15, 0.2) is 0 Å². The van der Waals surface area contributed by atoms with Crippen LogP contribution in [-0.4, -0.2) is 25.3 Å². The lowest BCUT2D eigenvalue weighted by molar-refractivity contribution is 0.0811. The van der Waals surface area contributed by atoms with E-state index in [-0.39, 0.29) is 17.1 Å². The molecule has 0 fully saturated rings. The van der Waals surface area contributed by atoms with Gasteiger partial charge in [0.2, 0.25) is 0 Å². The van der Waals surface area contributed by atoms with Gasteiger partial charge in [-0.05, 0) is 34.1 Å². The van der Waals surface area contributed by atoms with E-state index < -0.39 is 0 Å². The summed E-state index contributed by atoms with van der Waals surface area (Å²) in [5.74, 6) is 0. The minimum atomic E-state index is 0.0999. The quantitative estimate of drug-likeness (QED) is 0.685. The Morgan fingerprint density at radius 3 is 2.20 bits per heavy atom. The maximum atomic E-state index is 5.30. The second-order valence-electron chi connectivity index (χ2n) is 5.71. The molecular weight excluding hydrogens is 186 g/mol. The molecule has 1 N–H and O–H groups in total. The van der Waals surface area contributed by atoms with Crippen LogP contribution in [-0.2, 0) is 4.74 Å². The van der Waals surface area contributed by atoms with Crippen molar-refractivity contribution in [2.75, 3.05) is 13.7 Å². The lowest BCUT2D eigenvalue weighted by atomic mass is 9.84. The molecule has 0 radical (unpaired) electrons. The Balaban J connectivity index is 4.25. The highest BCUT2D eigenvalue weighted by Gasteiger charge is 2.24. The maximum absolute atomic E-state index is 5.30. The highest BCUT2D eigenvalue weighted by atomic mass is 16.5. The van der Waals surface area contributed by atoms with E-state index in [0.29, 0.717) is 0 Å². The van der Waals surface area contributed by atoms with Gasteiger partial charge in [0.05, 0.1) is 6.10 Å². The average Bonchev–Trinajstić information content (AvgIpc) is 2.14. The first kappa shape index (κ1) is 14.7. The van der Waals surface area contributed by atoms with Crippen molar-refractivity contribution in [3.8, 4) is 0 Å². The van der Waals surface area contributed by atoms with Gasteiger partial charge in [-0.25, -0.2) is 0 Å². The Hall–Kier alpha value is -0.340. The predicted molar refractivity (Wildman–Crippen MR) is 67.1 cm³/mol. The van der Waals surface area contributed by atoms with Crippen molar-refractivity contribution in [3.63, 3.8) is 0 Å². The minimum absolute atomic E-state index is 0.0999. The zero-order valence-electron chi connectivity index (χ0n) is 11.2. The number of hydrogen-bond acceptors (Lipinski definition) is 2. The number of hydrogen-bond donors (Lipinski definition) is 1. The maximum Gasteiger partial charge on any atom is 0.0551 e. The first-order chi connectivity index (χ1) is 6.72. The molecule has 0 aromatic carbocycles. The second kappa shape index (κ2) is 5.66. The minimum Gasteiger partial charge on any atom is -0.382 e. The lowest BCUT2D eigenvalue weighted by Crippen LogP contribution is -2.43. The average molecular weight is 213 g/mol. The number of methoxy groups -OCH3 is 1. The smallest absolute Gasteiger partial charge is 0.0551 e. The van der Waals surface area contributed by atoms with Crippen molar-refractivity contribution in [1.82, 2.24) is 5.32 Å². The predicted octanol–water partition coefficient (Wildman–Crippen LogP) is 2.99. The molecule has 0 rings (SSSR count). The summed E-state index contributed by atoms with van der Waals surface area (Å²) in [6.07, 6.45) is 3.30. The number of nitrogens with one attached hydrogen (secondary N) is 1. The van der Waals surface area contributed by atoms with Crippen LogP contribution in [0.1, 0.15) is 41.0 Å². The van der Waals surface area contributed by atoms with Crippen LogP contribution in [0, 0.1) is 5.41 Å². The molecule has 2 nitrogen and oxygen atoms in total. The van der Waals surface area contributed by atoms with Crippen molar-refractivity contribution in [2.24, 2.45) is 5.41 Å². The van der Waals surface area contributed by atoms with Gasteiger partial charge in [0.1, 0.15) is 0 Å². The van der Waals surface area contributed by atoms with Gasteiger partial charge >= 0.3 is 0 Å². The molecule has 2 atom stereocenters. The molecular formula is C13H27NO. The van der Waals surface area contributed by atoms with E-state index in [2.05, 4.69) is 46.5 Å². The number of ether oxygens (including phenoxy) is 1. The summed E-state index contributed by atoms with van der Waals surface area (Å²) in [6.45, 7) is 15.7. The Kier molecular flexibility index (Phi) is 5.54. The summed E-state index contributed by atoms with van der Waals surface area (Å²) in [7, 11) is 1.76. The third-order valence-electron chi connectivity index (χ3n) is 2.67. The van der Waals surface area contributed by atoms with Gasteiger partial charge in [-0.1, -0.05) is 13.0 Å². The van der Waals surface area contributed by atoms with Crippen LogP contribution in [0.2, 0.25) is 0 Å². The molecule has 2 unspecified atom stereocenters. The fourth-order valence-corrected chi connectivity index (χ4v) is 1.43. The summed E-state index contributed by atoms with van der Waals surface area (Å²) >= 11 is 0. The van der Waals surface area contributed by atoms with E-state index in [4.69, 9.17) is 4.74 Å². The molecule has 0 heterocycles. The molecule has 0 amide bonds. The fraction of sp³-hybridized carbons (Fsp3) is 0.846. The molecule has 2 heteroatoms. The normalized spacial score (nSPS) is 18.3. The Morgan fingerprint density at radius 2 is 1.87 bits per heavy atom. The summed E-state index contributed by atoms with van der Waals surface area (Å²) in [6, 6.07) is 0. The van der Waals surface area contributed by atoms with Gasteiger partial charge in [-0.2, -0.15) is 0 Å². The van der Waals surface area contributed by atoms with Gasteiger partial charge in [-0.3, -0.25) is 0 Å². The zero-order chi connectivity index (χ0) is 12.1. The van der Waals surface area contributed by atoms with Crippen LogP contribution >= 0.6 is 0 Å². The van der Waals surface area contributed by atoms with Crippen molar-refractivity contribution in [2.45, 2.75) is 52.7 Å². The Labute approximate surface area is 95.1 Å². The van der Waals surface area contributed by atoms with E-state index in [1.165, 1.54) is 0 Å². The third kappa shape index (κ3) is 6.69. The largest absolute Gasteiger partial charge is 0.382 e. The summed E-state index contributed by atoms with van der Waals surface area (Å²) in [5.41, 5.74) is 0.253. The van der Waals surface area contributed by atoms with Crippen LogP contribution in [0.4, 0.5) is 0 Å². The molecule has 0 bridgehead atoms. The number of rotatable bonds is 6. The first-order valence-electron chi connectivity index (χ1n) is 5.64. The lowest BCUT2D eigenvalue weighted by Gasteiger charge is -2.32. The van der Waals surface area contributed by atoms with Crippen molar-refractivity contribution in [1.29, 1.82) is 0 Å². The Bertz CT molecular complexity index is 195. The molecule has 0 aromatic heterocycles. The molecule has 90 valence electrons. The van der Waals surface area contributed by atoms with Crippen LogP contribution < -0.4 is 5.32 Å². The first-order valence-corrected chi connectivity index (χ1v) is 5.64. The van der Waals surface area contributed by atoms with Crippen molar-refractivity contribution < 1.29 is 4.74 Å². The van der Waals surface area contributed by atoms with Gasteiger partial charge in [-0.15, -0.1) is 6.58 Å². The van der Waals surface area contributed by atoms with Crippen LogP contribution in [0.5, 0.6) is 0 Å². The molecule has 0 spiro atoms. The highest BCUT2D eigenvalue weighted by Crippen LogP contribution is 2.25. The molecule has 0 aliphatic rings. The van der Waals surface area contributed by atoms with Gasteiger partial charge < -0.3 is 10.1 Å². The van der Waals surface area contributed by atoms with Crippen LogP contribution in [0.15, 0.2) is 12.7 Å². The third-order valence-corrected chi connectivity index (χ3v) is 2.67. The van der Waals surface area contributed by atoms with Crippen molar-refractivity contribution in [3.05, 3.63) is 12.7 Å². The summed E-state index contributed by atoms with van der Waals surface area (Å²) in [5, 5.41) is 3.52. The molecule has 15 heavy (non-hydrogen) atoms. The van der Waals surface area contributed by atoms with Crippen LogP contribution in [0.3, 0.4) is 0 Å². The summed E-state index contributed by atoms with van der Waals surface area (Å²) < 4.78 is 5.30.